The van der Waals surface area contributed by atoms with Gasteiger partial charge in [-0.2, -0.15) is 0 Å². The molecular weight excluding hydrogens is 880 g/mol. The summed E-state index contributed by atoms with van der Waals surface area (Å²) in [6, 6.07) is 0. The Hall–Kier alpha value is -2.47. The minimum Gasteiger partial charge on any atom is -0.744 e. The molecule has 0 radical (unpaired) electrons. The molecule has 0 saturated heterocycles. The smallest absolute Gasteiger partial charge is 0.744 e. The SMILES string of the molecule is O=S(=O)([O-])c1c(F)c(F)c(F)c(F)c1F.O=S(=O)([O-])c1c(F)c(F)c(F)c(F)c1F.O=S(=O)([O-])c1c(F)c(F)c(F)c(F)c1F.[La+3]. The Morgan fingerprint density at radius 3 is 0.435 bits per heavy atom. The van der Waals surface area contributed by atoms with Crippen LogP contribution in [0.5, 0.6) is 0 Å². The van der Waals surface area contributed by atoms with Gasteiger partial charge in [0.1, 0.15) is 45.0 Å². The average Bonchev–Trinajstić information content (AvgIpc) is 2.89. The molecule has 3 aromatic rings. The first-order valence-electron chi connectivity index (χ1n) is 9.45. The fraction of sp³-hybridized carbons (Fsp3) is 0. The normalized spacial score (nSPS) is 11.6. The molecule has 0 saturated carbocycles. The van der Waals surface area contributed by atoms with E-state index in [4.69, 9.17) is 0 Å². The van der Waals surface area contributed by atoms with Crippen molar-refractivity contribution in [3.63, 3.8) is 0 Å². The van der Waals surface area contributed by atoms with Crippen molar-refractivity contribution in [2.24, 2.45) is 0 Å². The molecule has 0 heterocycles. The van der Waals surface area contributed by atoms with Gasteiger partial charge >= 0.3 is 35.6 Å². The van der Waals surface area contributed by atoms with Gasteiger partial charge in [0.05, 0.1) is 0 Å². The summed E-state index contributed by atoms with van der Waals surface area (Å²) in [6.45, 7) is 0. The summed E-state index contributed by atoms with van der Waals surface area (Å²) >= 11 is 0. The second kappa shape index (κ2) is 15.2. The summed E-state index contributed by atoms with van der Waals surface area (Å²) < 4.78 is 279. The molecule has 0 spiro atoms. The fourth-order valence-electron chi connectivity index (χ4n) is 2.41. The minimum absolute atomic E-state index is 0. The van der Waals surface area contributed by atoms with Gasteiger partial charge in [0.25, 0.3) is 0 Å². The molecule has 0 N–H and O–H groups in total. The summed E-state index contributed by atoms with van der Waals surface area (Å²) in [6.07, 6.45) is 0. The number of rotatable bonds is 3. The van der Waals surface area contributed by atoms with Gasteiger partial charge in [0, 0.05) is 0 Å². The summed E-state index contributed by atoms with van der Waals surface area (Å²) in [7, 11) is -17.3. The van der Waals surface area contributed by atoms with E-state index in [1.807, 2.05) is 0 Å². The van der Waals surface area contributed by atoms with Crippen molar-refractivity contribution < 1.29 is 140 Å². The van der Waals surface area contributed by atoms with E-state index in [0.29, 0.717) is 0 Å². The molecule has 0 fully saturated rings. The number of halogens is 15. The fourth-order valence-corrected chi connectivity index (χ4v) is 4.27. The molecule has 0 amide bonds. The summed E-state index contributed by atoms with van der Waals surface area (Å²) in [4.78, 5) is -7.13. The standard InChI is InChI=1S/3C6HF5O3S.La/c3*7-1-2(8)4(10)6(15(12,13)14)5(11)3(1)9;/h3*(H,12,13,14);/q;;;+3/p-3. The third kappa shape index (κ3) is 8.91. The van der Waals surface area contributed by atoms with E-state index in [-0.39, 0.29) is 35.6 Å². The van der Waals surface area contributed by atoms with Crippen LogP contribution in [0.1, 0.15) is 0 Å². The molecule has 3 aromatic carbocycles. The van der Waals surface area contributed by atoms with Crippen molar-refractivity contribution in [3.8, 4) is 0 Å². The maximum atomic E-state index is 12.6. The molecule has 0 unspecified atom stereocenters. The molecule has 0 bridgehead atoms. The van der Waals surface area contributed by atoms with Gasteiger partial charge in [-0.3, -0.25) is 0 Å². The van der Waals surface area contributed by atoms with Crippen LogP contribution in [0.2, 0.25) is 0 Å². The second-order valence-corrected chi connectivity index (χ2v) is 11.0. The average molecular weight is 880 g/mol. The zero-order valence-corrected chi connectivity index (χ0v) is 26.2. The molecule has 0 aliphatic heterocycles. The molecule has 0 aliphatic carbocycles. The van der Waals surface area contributed by atoms with Crippen molar-refractivity contribution >= 4 is 30.4 Å². The van der Waals surface area contributed by atoms with Gasteiger partial charge in [-0.15, -0.1) is 0 Å². The largest absolute Gasteiger partial charge is 3.00 e. The van der Waals surface area contributed by atoms with Crippen molar-refractivity contribution in [3.05, 3.63) is 87.3 Å². The minimum atomic E-state index is -5.77. The Kier molecular flexibility index (Phi) is 14.4. The summed E-state index contributed by atoms with van der Waals surface area (Å²) in [5.74, 6) is -38.5. The monoisotopic (exact) mass is 880 g/mol. The van der Waals surface area contributed by atoms with Gasteiger partial charge in [-0.1, -0.05) is 0 Å². The predicted molar refractivity (Wildman–Crippen MR) is 103 cm³/mol. The van der Waals surface area contributed by atoms with Crippen LogP contribution in [-0.2, 0) is 30.4 Å². The first-order valence-corrected chi connectivity index (χ1v) is 13.7. The maximum absolute atomic E-state index is 12.6. The number of benzene rings is 3. The van der Waals surface area contributed by atoms with Crippen LogP contribution in [0, 0.1) is 123 Å². The van der Waals surface area contributed by atoms with Crippen LogP contribution in [-0.4, -0.2) is 38.9 Å². The maximum Gasteiger partial charge on any atom is 3.00 e. The van der Waals surface area contributed by atoms with Crippen molar-refractivity contribution in [1.82, 2.24) is 0 Å². The zero-order chi connectivity index (χ0) is 35.9. The van der Waals surface area contributed by atoms with E-state index in [2.05, 4.69) is 0 Å². The Bertz CT molecular complexity index is 1720. The van der Waals surface area contributed by atoms with Gasteiger partial charge < -0.3 is 13.7 Å². The zero-order valence-electron chi connectivity index (χ0n) is 20.1. The molecule has 0 atom stereocenters. The second-order valence-electron chi connectivity index (χ2n) is 7.06. The molecule has 3 rings (SSSR count). The van der Waals surface area contributed by atoms with Gasteiger partial charge in [0.2, 0.25) is 17.5 Å². The van der Waals surface area contributed by atoms with E-state index < -0.39 is 132 Å². The summed E-state index contributed by atoms with van der Waals surface area (Å²) in [5.41, 5.74) is 0. The first kappa shape index (κ1) is 43.5. The quantitative estimate of drug-likeness (QED) is 0.164. The van der Waals surface area contributed by atoms with E-state index >= 15 is 0 Å². The first-order chi connectivity index (χ1) is 20.0. The van der Waals surface area contributed by atoms with Crippen LogP contribution >= 0.6 is 0 Å². The number of hydrogen-bond acceptors (Lipinski definition) is 9. The third-order valence-corrected chi connectivity index (χ3v) is 6.83. The van der Waals surface area contributed by atoms with E-state index in [9.17, 15) is 105 Å². The van der Waals surface area contributed by atoms with Crippen molar-refractivity contribution in [1.29, 1.82) is 0 Å². The molecule has 0 aromatic heterocycles. The Morgan fingerprint density at radius 1 is 0.261 bits per heavy atom. The topological polar surface area (TPSA) is 172 Å². The third-order valence-electron chi connectivity index (χ3n) is 4.26. The van der Waals surface area contributed by atoms with Crippen LogP contribution in [0.4, 0.5) is 65.9 Å². The Morgan fingerprint density at radius 2 is 0.348 bits per heavy atom. The molecule has 9 nitrogen and oxygen atoms in total. The van der Waals surface area contributed by atoms with Crippen molar-refractivity contribution in [2.75, 3.05) is 0 Å². The van der Waals surface area contributed by atoms with Gasteiger partial charge in [0.15, 0.2) is 69.8 Å². The molecule has 46 heavy (non-hydrogen) atoms. The molecule has 28 heteroatoms. The molecular formula is C18F15LaO9S3. The van der Waals surface area contributed by atoms with Crippen molar-refractivity contribution in [2.45, 2.75) is 14.7 Å². The molecule has 0 aliphatic rings. The van der Waals surface area contributed by atoms with E-state index in [1.54, 1.807) is 0 Å². The summed E-state index contributed by atoms with van der Waals surface area (Å²) in [5, 5.41) is 0. The Balaban J connectivity index is 0.000000653. The van der Waals surface area contributed by atoms with Crippen LogP contribution in [0.3, 0.4) is 0 Å². The molecule has 252 valence electrons. The van der Waals surface area contributed by atoms with Crippen LogP contribution in [0.25, 0.3) is 0 Å². The van der Waals surface area contributed by atoms with Crippen LogP contribution < -0.4 is 0 Å². The van der Waals surface area contributed by atoms with Crippen LogP contribution in [0.15, 0.2) is 14.7 Å². The predicted octanol–water partition coefficient (Wildman–Crippen LogP) is 3.86. The van der Waals surface area contributed by atoms with E-state index in [1.165, 1.54) is 0 Å². The van der Waals surface area contributed by atoms with Gasteiger partial charge in [-0.05, 0) is 0 Å². The van der Waals surface area contributed by atoms with Gasteiger partial charge in [-0.25, -0.2) is 91.1 Å². The number of hydrogen-bond donors (Lipinski definition) is 0. The Labute approximate surface area is 271 Å². The van der Waals surface area contributed by atoms with E-state index in [0.717, 1.165) is 0 Å².